The summed E-state index contributed by atoms with van der Waals surface area (Å²) in [6.07, 6.45) is 5.28. The van der Waals surface area contributed by atoms with Gasteiger partial charge in [0, 0.05) is 32.1 Å². The highest BCUT2D eigenvalue weighted by atomic mass is 16.5. The molecule has 0 bridgehead atoms. The Morgan fingerprint density at radius 3 is 2.88 bits per heavy atom. The summed E-state index contributed by atoms with van der Waals surface area (Å²) in [7, 11) is 1.64. The number of benzene rings is 1. The van der Waals surface area contributed by atoms with Crippen molar-refractivity contribution >= 4 is 11.6 Å². The smallest absolute Gasteiger partial charge is 0.254 e. The predicted octanol–water partition coefficient (Wildman–Crippen LogP) is 2.13. The summed E-state index contributed by atoms with van der Waals surface area (Å²) in [5.41, 5.74) is 2.03. The van der Waals surface area contributed by atoms with E-state index < -0.39 is 0 Å². The molecule has 3 heterocycles. The normalized spacial score (nSPS) is 11.1. The molecule has 1 N–H and O–H groups in total. The van der Waals surface area contributed by atoms with E-state index >= 15 is 0 Å². The molecule has 0 spiro atoms. The van der Waals surface area contributed by atoms with Gasteiger partial charge in [0.25, 0.3) is 5.78 Å². The number of ether oxygens (including phenoxy) is 1. The van der Waals surface area contributed by atoms with Crippen molar-refractivity contribution in [2.45, 2.75) is 19.7 Å². The second kappa shape index (κ2) is 7.32. The molecule has 8 heteroatoms. The van der Waals surface area contributed by atoms with Crippen LogP contribution in [0.2, 0.25) is 0 Å². The molecule has 1 aromatic carbocycles. The van der Waals surface area contributed by atoms with E-state index in [-0.39, 0.29) is 0 Å². The van der Waals surface area contributed by atoms with Crippen LogP contribution in [0.4, 0.5) is 5.82 Å². The summed E-state index contributed by atoms with van der Waals surface area (Å²) < 4.78 is 8.97. The summed E-state index contributed by atoms with van der Waals surface area (Å²) in [6.45, 7) is 1.76. The molecule has 8 nitrogen and oxygen atoms in total. The Morgan fingerprint density at radius 2 is 2.04 bits per heavy atom. The number of fused-ring (bicyclic) bond motifs is 1. The Hall–Kier alpha value is -3.26. The zero-order chi connectivity index (χ0) is 17.8. The average molecular weight is 349 g/mol. The van der Waals surface area contributed by atoms with Gasteiger partial charge in [-0.25, -0.2) is 9.97 Å². The molecule has 4 rings (SSSR count). The largest absolute Gasteiger partial charge is 0.378 e. The van der Waals surface area contributed by atoms with Crippen molar-refractivity contribution in [2.75, 3.05) is 12.4 Å². The highest BCUT2D eigenvalue weighted by Crippen LogP contribution is 2.13. The van der Waals surface area contributed by atoms with Gasteiger partial charge in [-0.05, 0) is 5.56 Å². The fourth-order valence-electron chi connectivity index (χ4n) is 2.81. The van der Waals surface area contributed by atoms with Gasteiger partial charge in [-0.2, -0.15) is 14.6 Å². The first-order chi connectivity index (χ1) is 12.8. The maximum atomic E-state index is 5.18. The quantitative estimate of drug-likeness (QED) is 0.550. The predicted molar refractivity (Wildman–Crippen MR) is 96.6 cm³/mol. The molecule has 0 saturated carbocycles. The van der Waals surface area contributed by atoms with Gasteiger partial charge in [0.2, 0.25) is 0 Å². The molecule has 4 aromatic rings. The fraction of sp³-hybridized carbons (Fsp3) is 0.222. The van der Waals surface area contributed by atoms with Crippen LogP contribution in [0.5, 0.6) is 0 Å². The van der Waals surface area contributed by atoms with E-state index in [0.717, 1.165) is 23.9 Å². The molecule has 26 heavy (non-hydrogen) atoms. The standard InChI is InChI=1S/C18H19N7O/c1-26-12-15-9-16(25-18(23-15)21-13-22-25)20-10-17-19-7-8-24(17)11-14-5-3-2-4-6-14/h2-9,13,20H,10-12H2,1H3. The van der Waals surface area contributed by atoms with E-state index in [0.29, 0.717) is 18.9 Å². The van der Waals surface area contributed by atoms with Gasteiger partial charge in [0.15, 0.2) is 0 Å². The van der Waals surface area contributed by atoms with Crippen LogP contribution in [-0.2, 0) is 24.4 Å². The number of rotatable bonds is 7. The second-order valence-electron chi connectivity index (χ2n) is 5.85. The third kappa shape index (κ3) is 3.40. The summed E-state index contributed by atoms with van der Waals surface area (Å²) in [6, 6.07) is 12.2. The maximum Gasteiger partial charge on any atom is 0.254 e. The SMILES string of the molecule is COCc1cc(NCc2nccn2Cc2ccccc2)n2ncnc2n1. The van der Waals surface area contributed by atoms with Crippen molar-refractivity contribution in [3.8, 4) is 0 Å². The maximum absolute atomic E-state index is 5.18. The van der Waals surface area contributed by atoms with E-state index in [1.54, 1.807) is 11.6 Å². The lowest BCUT2D eigenvalue weighted by molar-refractivity contribution is 0.181. The molecule has 0 amide bonds. The highest BCUT2D eigenvalue weighted by molar-refractivity contribution is 5.45. The van der Waals surface area contributed by atoms with Crippen LogP contribution < -0.4 is 5.32 Å². The molecule has 132 valence electrons. The molecular weight excluding hydrogens is 330 g/mol. The minimum Gasteiger partial charge on any atom is -0.378 e. The lowest BCUT2D eigenvalue weighted by Crippen LogP contribution is -2.12. The average Bonchev–Trinajstić information content (AvgIpc) is 3.30. The summed E-state index contributed by atoms with van der Waals surface area (Å²) in [4.78, 5) is 13.0. The molecule has 0 fully saturated rings. The van der Waals surface area contributed by atoms with Gasteiger partial charge >= 0.3 is 0 Å². The van der Waals surface area contributed by atoms with E-state index in [1.807, 2.05) is 36.7 Å². The molecule has 3 aromatic heterocycles. The monoisotopic (exact) mass is 349 g/mol. The Kier molecular flexibility index (Phi) is 4.57. The van der Waals surface area contributed by atoms with Crippen LogP contribution >= 0.6 is 0 Å². The third-order valence-electron chi connectivity index (χ3n) is 4.02. The van der Waals surface area contributed by atoms with Crippen LogP contribution in [0.15, 0.2) is 55.1 Å². The van der Waals surface area contributed by atoms with Crippen LogP contribution in [-0.4, -0.2) is 36.2 Å². The molecule has 0 unspecified atom stereocenters. The van der Waals surface area contributed by atoms with Crippen molar-refractivity contribution in [1.29, 1.82) is 0 Å². The lowest BCUT2D eigenvalue weighted by atomic mass is 10.2. The third-order valence-corrected chi connectivity index (χ3v) is 4.02. The molecule has 0 saturated heterocycles. The van der Waals surface area contributed by atoms with Gasteiger partial charge in [-0.15, -0.1) is 0 Å². The van der Waals surface area contributed by atoms with Crippen LogP contribution in [0, 0.1) is 0 Å². The topological polar surface area (TPSA) is 82.2 Å². The van der Waals surface area contributed by atoms with Crippen LogP contribution in [0.3, 0.4) is 0 Å². The second-order valence-corrected chi connectivity index (χ2v) is 5.85. The van der Waals surface area contributed by atoms with E-state index in [2.05, 4.69) is 42.1 Å². The number of imidazole rings is 1. The van der Waals surface area contributed by atoms with Crippen molar-refractivity contribution in [1.82, 2.24) is 29.1 Å². The molecule has 0 aliphatic carbocycles. The van der Waals surface area contributed by atoms with Gasteiger partial charge in [-0.1, -0.05) is 30.3 Å². The van der Waals surface area contributed by atoms with Gasteiger partial charge < -0.3 is 14.6 Å². The zero-order valence-electron chi connectivity index (χ0n) is 14.4. The lowest BCUT2D eigenvalue weighted by Gasteiger charge is -2.11. The molecular formula is C18H19N7O. The first kappa shape index (κ1) is 16.2. The first-order valence-corrected chi connectivity index (χ1v) is 8.30. The Labute approximate surface area is 150 Å². The molecule has 0 aliphatic rings. The summed E-state index contributed by atoms with van der Waals surface area (Å²) in [5, 5.41) is 7.61. The number of aromatic nitrogens is 6. The van der Waals surface area contributed by atoms with Gasteiger partial charge in [0.05, 0.1) is 18.8 Å². The fourth-order valence-corrected chi connectivity index (χ4v) is 2.81. The van der Waals surface area contributed by atoms with E-state index in [9.17, 15) is 0 Å². The van der Waals surface area contributed by atoms with Gasteiger partial charge in [0.1, 0.15) is 18.0 Å². The molecule has 0 aliphatic heterocycles. The zero-order valence-corrected chi connectivity index (χ0v) is 14.4. The number of hydrogen-bond donors (Lipinski definition) is 1. The van der Waals surface area contributed by atoms with Crippen molar-refractivity contribution in [3.05, 3.63) is 72.2 Å². The van der Waals surface area contributed by atoms with Crippen LogP contribution in [0.25, 0.3) is 5.78 Å². The van der Waals surface area contributed by atoms with E-state index in [1.165, 1.54) is 11.9 Å². The first-order valence-electron chi connectivity index (χ1n) is 8.30. The Morgan fingerprint density at radius 1 is 1.15 bits per heavy atom. The number of hydrogen-bond acceptors (Lipinski definition) is 6. The summed E-state index contributed by atoms with van der Waals surface area (Å²) in [5.74, 6) is 2.27. The number of nitrogens with one attached hydrogen (secondary N) is 1. The van der Waals surface area contributed by atoms with Crippen LogP contribution in [0.1, 0.15) is 17.1 Å². The number of anilines is 1. The van der Waals surface area contributed by atoms with Gasteiger partial charge in [-0.3, -0.25) is 0 Å². The minimum absolute atomic E-state index is 0.417. The number of nitrogens with zero attached hydrogens (tertiary/aromatic N) is 6. The van der Waals surface area contributed by atoms with E-state index in [4.69, 9.17) is 4.74 Å². The molecule has 0 atom stereocenters. The van der Waals surface area contributed by atoms with Crippen molar-refractivity contribution in [2.24, 2.45) is 0 Å². The minimum atomic E-state index is 0.417. The van der Waals surface area contributed by atoms with Crippen molar-refractivity contribution < 1.29 is 4.74 Å². The summed E-state index contributed by atoms with van der Waals surface area (Å²) >= 11 is 0. The highest BCUT2D eigenvalue weighted by Gasteiger charge is 2.09. The van der Waals surface area contributed by atoms with Crippen molar-refractivity contribution in [3.63, 3.8) is 0 Å². The Balaban J connectivity index is 1.54. The number of methoxy groups -OCH3 is 1. The molecule has 0 radical (unpaired) electrons. The Bertz CT molecular complexity index is 993.